The first kappa shape index (κ1) is 26.1. The fourth-order valence-electron chi connectivity index (χ4n) is 1.98. The minimum atomic E-state index is -3.74. The van der Waals surface area contributed by atoms with E-state index in [9.17, 15) is 4.57 Å². The topological polar surface area (TPSA) is 57.5 Å². The predicted molar refractivity (Wildman–Crippen MR) is 75.6 cm³/mol. The molecule has 0 aliphatic rings. The summed E-state index contributed by atoms with van der Waals surface area (Å²) in [5, 5.41) is 0. The van der Waals surface area contributed by atoms with Crippen LogP contribution in [0.5, 0.6) is 0 Å². The van der Waals surface area contributed by atoms with Crippen molar-refractivity contribution in [2.24, 2.45) is 0 Å². The molecule has 0 fully saturated rings. The zero-order valence-corrected chi connectivity index (χ0v) is 18.1. The van der Waals surface area contributed by atoms with Gasteiger partial charge in [0.05, 0.1) is 0 Å². The monoisotopic (exact) mass is 312 g/mol. The summed E-state index contributed by atoms with van der Waals surface area (Å²) in [5.41, 5.74) is 0. The summed E-state index contributed by atoms with van der Waals surface area (Å²) < 4.78 is 10.6. The van der Waals surface area contributed by atoms with Gasteiger partial charge in [-0.2, -0.15) is 0 Å². The molecule has 0 aromatic heterocycles. The average molecular weight is 312 g/mol. The summed E-state index contributed by atoms with van der Waals surface area (Å²) in [6.45, 7) is 2.23. The molecule has 0 saturated carbocycles. The fourth-order valence-corrected chi connectivity index (χ4v) is 2.62. The Morgan fingerprint density at radius 3 is 1.37 bits per heavy atom. The van der Waals surface area contributed by atoms with Crippen molar-refractivity contribution in [2.75, 3.05) is 6.16 Å². The minimum absolute atomic E-state index is 0. The number of hydrogen-bond acceptors (Lipinski definition) is 1. The van der Waals surface area contributed by atoms with Gasteiger partial charge in [0.25, 0.3) is 0 Å². The Hall–Kier alpha value is 2.15. The maximum Gasteiger partial charge on any atom is 1.00 e. The molecule has 0 unspecified atom stereocenters. The van der Waals surface area contributed by atoms with Gasteiger partial charge >= 0.3 is 66.7 Å². The smallest absolute Gasteiger partial charge is 1.00 e. The first-order valence-electron chi connectivity index (χ1n) is 7.11. The molecular weight excluding hydrogens is 281 g/mol. The van der Waals surface area contributed by atoms with E-state index in [1.54, 1.807) is 0 Å². The third kappa shape index (κ3) is 25.4. The summed E-state index contributed by atoms with van der Waals surface area (Å²) in [6, 6.07) is 0. The van der Waals surface area contributed by atoms with Crippen LogP contribution in [0.2, 0.25) is 0 Å². The average Bonchev–Trinajstić information content (AvgIpc) is 2.24. The van der Waals surface area contributed by atoms with Gasteiger partial charge in [0, 0.05) is 6.16 Å². The van der Waals surface area contributed by atoms with Crippen molar-refractivity contribution in [3.63, 3.8) is 0 Å². The van der Waals surface area contributed by atoms with Gasteiger partial charge in [-0.3, -0.25) is 4.57 Å². The van der Waals surface area contributed by atoms with Crippen molar-refractivity contribution in [2.45, 2.75) is 77.6 Å². The van der Waals surface area contributed by atoms with Gasteiger partial charge in [0.1, 0.15) is 0 Å². The molecular formula is C13H31Na2O3P. The van der Waals surface area contributed by atoms with Crippen LogP contribution in [0, 0.1) is 0 Å². The van der Waals surface area contributed by atoms with Gasteiger partial charge in [-0.05, 0) is 6.42 Å². The van der Waals surface area contributed by atoms with E-state index >= 15 is 0 Å². The molecule has 3 nitrogen and oxygen atoms in total. The SMILES string of the molecule is CCCCCCCCCCCCCP(=O)(O)O.[H-].[H-].[Na+].[Na+]. The van der Waals surface area contributed by atoms with Gasteiger partial charge in [0.2, 0.25) is 0 Å². The van der Waals surface area contributed by atoms with Gasteiger partial charge in [-0.1, -0.05) is 71.1 Å². The van der Waals surface area contributed by atoms with Gasteiger partial charge in [-0.25, -0.2) is 0 Å². The van der Waals surface area contributed by atoms with E-state index in [0.717, 1.165) is 12.8 Å². The Balaban J connectivity index is -0.000000213. The predicted octanol–water partition coefficient (Wildman–Crippen LogP) is -1.29. The van der Waals surface area contributed by atoms with Crippen LogP contribution in [0.25, 0.3) is 0 Å². The summed E-state index contributed by atoms with van der Waals surface area (Å²) >= 11 is 0. The van der Waals surface area contributed by atoms with Crippen molar-refractivity contribution in [1.29, 1.82) is 0 Å². The molecule has 108 valence electrons. The fraction of sp³-hybridized carbons (Fsp3) is 1.00. The van der Waals surface area contributed by atoms with Crippen LogP contribution in [0.15, 0.2) is 0 Å². The molecule has 0 saturated heterocycles. The number of rotatable bonds is 12. The summed E-state index contributed by atoms with van der Waals surface area (Å²) in [7, 11) is -3.74. The van der Waals surface area contributed by atoms with Crippen molar-refractivity contribution in [1.82, 2.24) is 0 Å². The molecule has 0 bridgehead atoms. The van der Waals surface area contributed by atoms with Crippen molar-refractivity contribution in [3.8, 4) is 0 Å². The van der Waals surface area contributed by atoms with Crippen LogP contribution in [0.3, 0.4) is 0 Å². The standard InChI is InChI=1S/C13H29O3P.2Na.2H/c1-2-3-4-5-6-7-8-9-10-11-12-13-17(14,15)16;;;;/h2-13H2,1H3,(H2,14,15,16);;;;/q;2*+1;2*-1. The van der Waals surface area contributed by atoms with E-state index in [4.69, 9.17) is 9.79 Å². The largest absolute Gasteiger partial charge is 1.00 e. The Labute approximate surface area is 166 Å². The van der Waals surface area contributed by atoms with Crippen LogP contribution in [0.4, 0.5) is 0 Å². The summed E-state index contributed by atoms with van der Waals surface area (Å²) in [6.07, 6.45) is 13.4. The number of unbranched alkanes of at least 4 members (excludes halogenated alkanes) is 10. The minimum Gasteiger partial charge on any atom is -1.00 e. The molecule has 0 atom stereocenters. The van der Waals surface area contributed by atoms with Gasteiger partial charge < -0.3 is 12.6 Å². The molecule has 19 heavy (non-hydrogen) atoms. The van der Waals surface area contributed by atoms with Crippen LogP contribution in [-0.4, -0.2) is 15.9 Å². The second-order valence-corrected chi connectivity index (χ2v) is 6.70. The first-order valence-corrected chi connectivity index (χ1v) is 8.90. The van der Waals surface area contributed by atoms with Gasteiger partial charge in [-0.15, -0.1) is 0 Å². The normalized spacial score (nSPS) is 10.7. The van der Waals surface area contributed by atoms with E-state index in [0.29, 0.717) is 6.42 Å². The zero-order valence-electron chi connectivity index (χ0n) is 15.2. The molecule has 0 aliphatic carbocycles. The Kier molecular flexibility index (Phi) is 25.0. The number of hydrogen-bond donors (Lipinski definition) is 2. The molecule has 0 aliphatic heterocycles. The molecule has 6 heteroatoms. The molecule has 0 aromatic rings. The van der Waals surface area contributed by atoms with E-state index in [1.807, 2.05) is 0 Å². The van der Waals surface area contributed by atoms with Crippen LogP contribution >= 0.6 is 7.60 Å². The van der Waals surface area contributed by atoms with E-state index in [-0.39, 0.29) is 68.1 Å². The van der Waals surface area contributed by atoms with Crippen LogP contribution in [-0.2, 0) is 4.57 Å². The molecule has 0 amide bonds. The van der Waals surface area contributed by atoms with E-state index in [1.165, 1.54) is 51.4 Å². The van der Waals surface area contributed by atoms with Gasteiger partial charge in [0.15, 0.2) is 0 Å². The maximum atomic E-state index is 10.6. The summed E-state index contributed by atoms with van der Waals surface area (Å²) in [5.74, 6) is 0. The molecule has 2 N–H and O–H groups in total. The molecule has 0 spiro atoms. The Bertz CT molecular complexity index is 220. The van der Waals surface area contributed by atoms with Crippen LogP contribution in [0.1, 0.15) is 80.4 Å². The quantitative estimate of drug-likeness (QED) is 0.268. The van der Waals surface area contributed by atoms with Crippen molar-refractivity contribution >= 4 is 7.60 Å². The molecule has 0 rings (SSSR count). The summed E-state index contributed by atoms with van der Waals surface area (Å²) in [4.78, 5) is 17.3. The molecule has 0 aromatic carbocycles. The first-order chi connectivity index (χ1) is 8.06. The Morgan fingerprint density at radius 2 is 1.05 bits per heavy atom. The second-order valence-electron chi connectivity index (χ2n) is 4.92. The molecule has 0 radical (unpaired) electrons. The zero-order chi connectivity index (χ0) is 13.0. The van der Waals surface area contributed by atoms with Crippen LogP contribution < -0.4 is 59.1 Å². The maximum absolute atomic E-state index is 10.6. The van der Waals surface area contributed by atoms with E-state index in [2.05, 4.69) is 6.92 Å². The van der Waals surface area contributed by atoms with Crippen molar-refractivity contribution in [3.05, 3.63) is 0 Å². The van der Waals surface area contributed by atoms with E-state index < -0.39 is 7.60 Å². The Morgan fingerprint density at radius 1 is 0.737 bits per heavy atom. The molecule has 0 heterocycles. The second kappa shape index (κ2) is 18.2. The third-order valence-electron chi connectivity index (χ3n) is 3.05. The third-order valence-corrected chi connectivity index (χ3v) is 3.95. The van der Waals surface area contributed by atoms with Crippen molar-refractivity contribution < 1.29 is 76.3 Å².